The lowest BCUT2D eigenvalue weighted by molar-refractivity contribution is 1.19. The molecule has 0 spiro atoms. The second kappa shape index (κ2) is 4.45. The van der Waals surface area contributed by atoms with Gasteiger partial charge < -0.3 is 10.6 Å². The summed E-state index contributed by atoms with van der Waals surface area (Å²) in [5.41, 5.74) is 2.94. The summed E-state index contributed by atoms with van der Waals surface area (Å²) in [6.07, 6.45) is 0. The Morgan fingerprint density at radius 1 is 1.31 bits per heavy atom. The molecule has 0 saturated heterocycles. The van der Waals surface area contributed by atoms with Crippen LogP contribution in [0, 0.1) is 6.92 Å². The minimum absolute atomic E-state index is 0.607. The minimum Gasteiger partial charge on any atom is -0.366 e. The summed E-state index contributed by atoms with van der Waals surface area (Å²) in [5, 5.41) is 7.74. The van der Waals surface area contributed by atoms with Gasteiger partial charge in [-0.2, -0.15) is 0 Å². The van der Waals surface area contributed by atoms with E-state index in [1.54, 1.807) is 7.05 Å². The number of anilines is 1. The number of thiocarbonyl (C=S) groups is 1. The Hall–Kier alpha value is -1.68. The van der Waals surface area contributed by atoms with Crippen LogP contribution in [0.15, 0.2) is 30.3 Å². The van der Waals surface area contributed by atoms with Gasteiger partial charge in [-0.3, -0.25) is 4.98 Å². The lowest BCUT2D eigenvalue weighted by Gasteiger charge is -2.10. The first-order valence-corrected chi connectivity index (χ1v) is 5.46. The summed E-state index contributed by atoms with van der Waals surface area (Å²) in [5.74, 6) is 0. The number of aryl methyl sites for hydroxylation is 1. The molecule has 0 amide bonds. The van der Waals surface area contributed by atoms with Gasteiger partial charge in [0.1, 0.15) is 0 Å². The van der Waals surface area contributed by atoms with Crippen LogP contribution in [0.25, 0.3) is 10.9 Å². The van der Waals surface area contributed by atoms with E-state index in [4.69, 9.17) is 12.2 Å². The van der Waals surface area contributed by atoms with E-state index in [1.165, 1.54) is 0 Å². The predicted molar refractivity (Wildman–Crippen MR) is 71.8 cm³/mol. The van der Waals surface area contributed by atoms with Gasteiger partial charge in [-0.1, -0.05) is 18.2 Å². The molecule has 0 aliphatic rings. The standard InChI is InChI=1S/C12H13N3S/c1-8-7-11(15-12(16)13-2)9-5-3-4-6-10(9)14-8/h3-7H,1-2H3,(H2,13,14,15,16). The van der Waals surface area contributed by atoms with Crippen LogP contribution in [0.2, 0.25) is 0 Å². The van der Waals surface area contributed by atoms with Crippen molar-refractivity contribution < 1.29 is 0 Å². The first-order chi connectivity index (χ1) is 7.70. The van der Waals surface area contributed by atoms with Crippen molar-refractivity contribution >= 4 is 33.9 Å². The molecule has 16 heavy (non-hydrogen) atoms. The molecular weight excluding hydrogens is 218 g/mol. The van der Waals surface area contributed by atoms with Crippen LogP contribution in [-0.4, -0.2) is 17.1 Å². The highest BCUT2D eigenvalue weighted by atomic mass is 32.1. The van der Waals surface area contributed by atoms with Gasteiger partial charge in [-0.25, -0.2) is 0 Å². The zero-order valence-corrected chi connectivity index (χ0v) is 10.1. The van der Waals surface area contributed by atoms with Crippen molar-refractivity contribution in [3.63, 3.8) is 0 Å². The van der Waals surface area contributed by atoms with E-state index in [2.05, 4.69) is 15.6 Å². The predicted octanol–water partition coefficient (Wildman–Crippen LogP) is 2.46. The van der Waals surface area contributed by atoms with Crippen molar-refractivity contribution in [2.75, 3.05) is 12.4 Å². The maximum Gasteiger partial charge on any atom is 0.170 e. The first-order valence-electron chi connectivity index (χ1n) is 5.06. The van der Waals surface area contributed by atoms with E-state index in [0.717, 1.165) is 22.3 Å². The molecule has 0 bridgehead atoms. The lowest BCUT2D eigenvalue weighted by atomic mass is 10.1. The van der Waals surface area contributed by atoms with E-state index in [0.29, 0.717) is 5.11 Å². The largest absolute Gasteiger partial charge is 0.366 e. The van der Waals surface area contributed by atoms with Crippen LogP contribution in [-0.2, 0) is 0 Å². The molecular formula is C12H13N3S. The van der Waals surface area contributed by atoms with Crippen LogP contribution in [0.4, 0.5) is 5.69 Å². The van der Waals surface area contributed by atoms with E-state index < -0.39 is 0 Å². The molecule has 0 radical (unpaired) electrons. The minimum atomic E-state index is 0.607. The number of nitrogens with one attached hydrogen (secondary N) is 2. The number of aromatic nitrogens is 1. The Morgan fingerprint density at radius 2 is 2.06 bits per heavy atom. The molecule has 3 nitrogen and oxygen atoms in total. The molecule has 0 aliphatic carbocycles. The molecule has 2 aromatic rings. The Morgan fingerprint density at radius 3 is 2.81 bits per heavy atom. The Bertz CT molecular complexity index is 537. The number of hydrogen-bond donors (Lipinski definition) is 2. The zero-order chi connectivity index (χ0) is 11.5. The van der Waals surface area contributed by atoms with Gasteiger partial charge in [0.2, 0.25) is 0 Å². The quantitative estimate of drug-likeness (QED) is 0.739. The SMILES string of the molecule is CNC(=S)Nc1cc(C)nc2ccccc12. The van der Waals surface area contributed by atoms with Crippen molar-refractivity contribution in [1.29, 1.82) is 0 Å². The van der Waals surface area contributed by atoms with Crippen LogP contribution >= 0.6 is 12.2 Å². The molecule has 82 valence electrons. The topological polar surface area (TPSA) is 37.0 Å². The van der Waals surface area contributed by atoms with Crippen molar-refractivity contribution in [3.8, 4) is 0 Å². The average molecular weight is 231 g/mol. The molecule has 0 atom stereocenters. The molecule has 0 unspecified atom stereocenters. The summed E-state index contributed by atoms with van der Waals surface area (Å²) < 4.78 is 0. The maximum absolute atomic E-state index is 5.10. The number of fused-ring (bicyclic) bond motifs is 1. The van der Waals surface area contributed by atoms with E-state index in [1.807, 2.05) is 37.3 Å². The van der Waals surface area contributed by atoms with E-state index in [9.17, 15) is 0 Å². The monoisotopic (exact) mass is 231 g/mol. The van der Waals surface area contributed by atoms with Crippen molar-refractivity contribution in [1.82, 2.24) is 10.3 Å². The molecule has 0 saturated carbocycles. The molecule has 1 aromatic carbocycles. The van der Waals surface area contributed by atoms with Gasteiger partial charge in [0.15, 0.2) is 5.11 Å². The highest BCUT2D eigenvalue weighted by molar-refractivity contribution is 7.80. The molecule has 1 heterocycles. The molecule has 1 aromatic heterocycles. The molecule has 4 heteroatoms. The fraction of sp³-hybridized carbons (Fsp3) is 0.167. The number of rotatable bonds is 1. The van der Waals surface area contributed by atoms with Gasteiger partial charge in [-0.05, 0) is 31.3 Å². The van der Waals surface area contributed by atoms with Gasteiger partial charge in [0, 0.05) is 18.1 Å². The molecule has 2 N–H and O–H groups in total. The highest BCUT2D eigenvalue weighted by Gasteiger charge is 2.03. The number of para-hydroxylation sites is 1. The van der Waals surface area contributed by atoms with Crippen LogP contribution in [0.3, 0.4) is 0 Å². The fourth-order valence-electron chi connectivity index (χ4n) is 1.60. The fourth-order valence-corrected chi connectivity index (χ4v) is 1.71. The number of hydrogen-bond acceptors (Lipinski definition) is 2. The van der Waals surface area contributed by atoms with Crippen LogP contribution in [0.5, 0.6) is 0 Å². The second-order valence-electron chi connectivity index (χ2n) is 3.53. The smallest absolute Gasteiger partial charge is 0.170 e. The lowest BCUT2D eigenvalue weighted by Crippen LogP contribution is -2.24. The van der Waals surface area contributed by atoms with Crippen molar-refractivity contribution in [2.24, 2.45) is 0 Å². The number of nitrogens with zero attached hydrogens (tertiary/aromatic N) is 1. The molecule has 0 aliphatic heterocycles. The Balaban J connectivity index is 2.54. The van der Waals surface area contributed by atoms with Crippen molar-refractivity contribution in [3.05, 3.63) is 36.0 Å². The summed E-state index contributed by atoms with van der Waals surface area (Å²) >= 11 is 5.10. The van der Waals surface area contributed by atoms with Gasteiger partial charge >= 0.3 is 0 Å². The highest BCUT2D eigenvalue weighted by Crippen LogP contribution is 2.22. The normalized spacial score (nSPS) is 10.1. The third-order valence-corrected chi connectivity index (χ3v) is 2.63. The van der Waals surface area contributed by atoms with Crippen LogP contribution in [0.1, 0.15) is 5.69 Å². The zero-order valence-electron chi connectivity index (χ0n) is 9.24. The summed E-state index contributed by atoms with van der Waals surface area (Å²) in [6.45, 7) is 1.97. The second-order valence-corrected chi connectivity index (χ2v) is 3.94. The Kier molecular flexibility index (Phi) is 3.01. The summed E-state index contributed by atoms with van der Waals surface area (Å²) in [4.78, 5) is 4.47. The van der Waals surface area contributed by atoms with Crippen molar-refractivity contribution in [2.45, 2.75) is 6.92 Å². The first kappa shape index (κ1) is 10.8. The molecule has 0 fully saturated rings. The van der Waals surface area contributed by atoms with E-state index in [-0.39, 0.29) is 0 Å². The Labute approximate surface area is 99.9 Å². The maximum atomic E-state index is 5.10. The molecule has 2 rings (SSSR count). The average Bonchev–Trinajstić information content (AvgIpc) is 2.28. The van der Waals surface area contributed by atoms with Gasteiger partial charge in [0.05, 0.1) is 11.2 Å². The van der Waals surface area contributed by atoms with Gasteiger partial charge in [0.25, 0.3) is 0 Å². The van der Waals surface area contributed by atoms with Gasteiger partial charge in [-0.15, -0.1) is 0 Å². The van der Waals surface area contributed by atoms with E-state index >= 15 is 0 Å². The number of benzene rings is 1. The number of pyridine rings is 1. The van der Waals surface area contributed by atoms with Crippen LogP contribution < -0.4 is 10.6 Å². The third-order valence-electron chi connectivity index (χ3n) is 2.32. The third kappa shape index (κ3) is 2.12. The summed E-state index contributed by atoms with van der Waals surface area (Å²) in [7, 11) is 1.80. The summed E-state index contributed by atoms with van der Waals surface area (Å²) in [6, 6.07) is 9.99.